The maximum Gasteiger partial charge on any atom is 0.137 e. The second kappa shape index (κ2) is 10.5. The maximum atomic E-state index is 10.7. The molecule has 0 radical (unpaired) electrons. The van der Waals surface area contributed by atoms with Gasteiger partial charge in [-0.15, -0.1) is 0 Å². The molecule has 1 aliphatic rings. The van der Waals surface area contributed by atoms with Crippen LogP contribution in [0.15, 0.2) is 24.3 Å². The van der Waals surface area contributed by atoms with E-state index in [-0.39, 0.29) is 22.3 Å². The third-order valence-corrected chi connectivity index (χ3v) is 7.94. The van der Waals surface area contributed by atoms with Crippen molar-refractivity contribution < 1.29 is 10.2 Å². The van der Waals surface area contributed by atoms with E-state index in [1.807, 2.05) is 12.1 Å². The summed E-state index contributed by atoms with van der Waals surface area (Å²) < 4.78 is 0. The van der Waals surface area contributed by atoms with Crippen LogP contribution in [0, 0.1) is 11.3 Å². The van der Waals surface area contributed by atoms with Crippen molar-refractivity contribution in [3.8, 4) is 11.5 Å². The molecule has 1 unspecified atom stereocenters. The van der Waals surface area contributed by atoms with Gasteiger partial charge in [-0.25, -0.2) is 0 Å². The zero-order valence-corrected chi connectivity index (χ0v) is 22.4. The van der Waals surface area contributed by atoms with Crippen molar-refractivity contribution in [1.82, 2.24) is 0 Å². The SMILES string of the molecule is CCCCc1cc(C2(c3cc(Cl)c(O)c(CCCC)c3)CC(C)CC(C)(C)C2)cc(Cl)c1O. The molecule has 2 nitrogen and oxygen atoms in total. The summed E-state index contributed by atoms with van der Waals surface area (Å²) in [5.41, 5.74) is 4.01. The van der Waals surface area contributed by atoms with Crippen LogP contribution >= 0.6 is 23.2 Å². The van der Waals surface area contributed by atoms with Gasteiger partial charge in [-0.2, -0.15) is 0 Å². The Hall–Kier alpha value is -1.38. The molecule has 1 atom stereocenters. The fraction of sp³-hybridized carbons (Fsp3) is 0.586. The van der Waals surface area contributed by atoms with Crippen LogP contribution < -0.4 is 0 Å². The van der Waals surface area contributed by atoms with Gasteiger partial charge in [-0.1, -0.05) is 82.8 Å². The molecule has 4 heteroatoms. The molecule has 0 amide bonds. The Labute approximate surface area is 210 Å². The lowest BCUT2D eigenvalue weighted by atomic mass is 9.55. The number of hydrogen-bond donors (Lipinski definition) is 2. The Morgan fingerprint density at radius 2 is 1.27 bits per heavy atom. The number of phenols is 2. The minimum absolute atomic E-state index is 0.138. The Kier molecular flexibility index (Phi) is 8.33. The third-order valence-electron chi connectivity index (χ3n) is 7.37. The summed E-state index contributed by atoms with van der Waals surface area (Å²) in [5, 5.41) is 22.2. The summed E-state index contributed by atoms with van der Waals surface area (Å²) in [6.45, 7) is 11.3. The summed E-state index contributed by atoms with van der Waals surface area (Å²) >= 11 is 13.2. The van der Waals surface area contributed by atoms with Crippen molar-refractivity contribution in [3.63, 3.8) is 0 Å². The first-order chi connectivity index (χ1) is 15.5. The standard InChI is InChI=1S/C29H40Cl2O2/c1-6-8-10-20-12-22(14-24(30)26(20)32)29(17-19(3)16-28(4,5)18-29)23-13-21(11-9-7-2)27(33)25(31)15-23/h12-15,19,32-33H,6-11,16-18H2,1-5H3. The van der Waals surface area contributed by atoms with Crippen LogP contribution in [0.1, 0.15) is 102 Å². The van der Waals surface area contributed by atoms with E-state index in [1.54, 1.807) is 0 Å². The van der Waals surface area contributed by atoms with E-state index in [2.05, 4.69) is 46.8 Å². The van der Waals surface area contributed by atoms with Crippen molar-refractivity contribution in [2.75, 3.05) is 0 Å². The molecule has 182 valence electrons. The van der Waals surface area contributed by atoms with Crippen LogP contribution in [0.4, 0.5) is 0 Å². The monoisotopic (exact) mass is 490 g/mol. The van der Waals surface area contributed by atoms with Crippen LogP contribution in [-0.4, -0.2) is 10.2 Å². The zero-order chi connectivity index (χ0) is 24.4. The maximum absolute atomic E-state index is 10.7. The number of phenolic OH excluding ortho intramolecular Hbond substituents is 2. The van der Waals surface area contributed by atoms with Gasteiger partial charge in [0.15, 0.2) is 0 Å². The lowest BCUT2D eigenvalue weighted by Crippen LogP contribution is -2.41. The molecule has 1 fully saturated rings. The summed E-state index contributed by atoms with van der Waals surface area (Å²) in [4.78, 5) is 0. The Morgan fingerprint density at radius 1 is 0.818 bits per heavy atom. The molecule has 3 rings (SSSR count). The van der Waals surface area contributed by atoms with Gasteiger partial charge in [0.05, 0.1) is 10.0 Å². The highest BCUT2D eigenvalue weighted by Gasteiger charge is 2.46. The highest BCUT2D eigenvalue weighted by atomic mass is 35.5. The van der Waals surface area contributed by atoms with Gasteiger partial charge >= 0.3 is 0 Å². The molecule has 0 bridgehead atoms. The van der Waals surface area contributed by atoms with E-state index in [4.69, 9.17) is 23.2 Å². The lowest BCUT2D eigenvalue weighted by Gasteiger charge is -2.49. The minimum Gasteiger partial charge on any atom is -0.506 e. The molecule has 1 saturated carbocycles. The van der Waals surface area contributed by atoms with E-state index in [0.29, 0.717) is 16.0 Å². The normalized spacial score (nSPS) is 19.5. The molecule has 2 N–H and O–H groups in total. The molecular weight excluding hydrogens is 451 g/mol. The highest BCUT2D eigenvalue weighted by Crippen LogP contribution is 2.55. The molecule has 0 saturated heterocycles. The third kappa shape index (κ3) is 5.65. The van der Waals surface area contributed by atoms with Crippen LogP contribution in [0.5, 0.6) is 11.5 Å². The summed E-state index contributed by atoms with van der Waals surface area (Å²) in [5.74, 6) is 0.936. The molecule has 0 heterocycles. The van der Waals surface area contributed by atoms with Crippen molar-refractivity contribution in [2.24, 2.45) is 11.3 Å². The summed E-state index contributed by atoms with van der Waals surface area (Å²) in [6.07, 6.45) is 8.87. The first kappa shape index (κ1) is 26.2. The van der Waals surface area contributed by atoms with Gasteiger partial charge in [-0.05, 0) is 90.7 Å². The van der Waals surface area contributed by atoms with E-state index < -0.39 is 0 Å². The van der Waals surface area contributed by atoms with Crippen LogP contribution in [0.25, 0.3) is 0 Å². The van der Waals surface area contributed by atoms with Crippen molar-refractivity contribution in [3.05, 3.63) is 56.6 Å². The quantitative estimate of drug-likeness (QED) is 0.386. The fourth-order valence-electron chi connectivity index (χ4n) is 6.16. The number of halogens is 2. The minimum atomic E-state index is -0.280. The Balaban J connectivity index is 2.26. The smallest absolute Gasteiger partial charge is 0.137 e. The van der Waals surface area contributed by atoms with Gasteiger partial charge in [0.2, 0.25) is 0 Å². The average molecular weight is 492 g/mol. The number of rotatable bonds is 8. The molecule has 0 spiro atoms. The number of aromatic hydroxyl groups is 2. The summed E-state index contributed by atoms with van der Waals surface area (Å²) in [7, 11) is 0. The predicted octanol–water partition coefficient (Wildman–Crippen LogP) is 9.22. The number of aryl methyl sites for hydroxylation is 2. The molecule has 2 aromatic rings. The first-order valence-electron chi connectivity index (χ1n) is 12.6. The second-order valence-electron chi connectivity index (χ2n) is 11.1. The van der Waals surface area contributed by atoms with Crippen molar-refractivity contribution in [1.29, 1.82) is 0 Å². The first-order valence-corrected chi connectivity index (χ1v) is 13.3. The molecule has 0 aromatic heterocycles. The summed E-state index contributed by atoms with van der Waals surface area (Å²) in [6, 6.07) is 8.29. The van der Waals surface area contributed by atoms with Gasteiger partial charge in [0.25, 0.3) is 0 Å². The van der Waals surface area contributed by atoms with Crippen molar-refractivity contribution >= 4 is 23.2 Å². The van der Waals surface area contributed by atoms with E-state index in [9.17, 15) is 10.2 Å². The van der Waals surface area contributed by atoms with Crippen LogP contribution in [-0.2, 0) is 18.3 Å². The number of unbranched alkanes of at least 4 members (excludes halogenated alkanes) is 2. The molecule has 2 aromatic carbocycles. The number of hydrogen-bond acceptors (Lipinski definition) is 2. The molecular formula is C29H40Cl2O2. The molecule has 1 aliphatic carbocycles. The molecule has 0 aliphatic heterocycles. The van der Waals surface area contributed by atoms with Gasteiger partial charge in [0, 0.05) is 5.41 Å². The van der Waals surface area contributed by atoms with Crippen LogP contribution in [0.3, 0.4) is 0 Å². The second-order valence-corrected chi connectivity index (χ2v) is 11.9. The molecule has 33 heavy (non-hydrogen) atoms. The van der Waals surface area contributed by atoms with E-state index >= 15 is 0 Å². The largest absolute Gasteiger partial charge is 0.506 e. The van der Waals surface area contributed by atoms with Crippen molar-refractivity contribution in [2.45, 2.75) is 97.8 Å². The topological polar surface area (TPSA) is 40.5 Å². The van der Waals surface area contributed by atoms with Gasteiger partial charge in [-0.3, -0.25) is 0 Å². The highest BCUT2D eigenvalue weighted by molar-refractivity contribution is 6.32. The zero-order valence-electron chi connectivity index (χ0n) is 20.9. The van der Waals surface area contributed by atoms with Gasteiger partial charge < -0.3 is 10.2 Å². The van der Waals surface area contributed by atoms with E-state index in [0.717, 1.165) is 80.0 Å². The Morgan fingerprint density at radius 3 is 1.67 bits per heavy atom. The number of benzene rings is 2. The average Bonchev–Trinajstić information content (AvgIpc) is 2.73. The van der Waals surface area contributed by atoms with Crippen LogP contribution in [0.2, 0.25) is 10.0 Å². The fourth-order valence-corrected chi connectivity index (χ4v) is 6.64. The lowest BCUT2D eigenvalue weighted by molar-refractivity contribution is 0.126. The van der Waals surface area contributed by atoms with E-state index in [1.165, 1.54) is 0 Å². The Bertz CT molecular complexity index is 917. The predicted molar refractivity (Wildman–Crippen MR) is 141 cm³/mol. The van der Waals surface area contributed by atoms with Gasteiger partial charge in [0.1, 0.15) is 11.5 Å².